The molecule has 7 unspecified atom stereocenters. The van der Waals surface area contributed by atoms with Gasteiger partial charge in [-0.1, -0.05) is 275 Å². The number of aliphatic hydroxyl groups is 5. The number of aliphatic hydroxyl groups excluding tert-OH is 5. The number of allylic oxidation sites excluding steroid dienone is 5. The van der Waals surface area contributed by atoms with Crippen molar-refractivity contribution in [2.75, 3.05) is 13.2 Å². The average molecular weight is 1020 g/mol. The molecule has 1 fully saturated rings. The molecule has 0 aromatic carbocycles. The van der Waals surface area contributed by atoms with Gasteiger partial charge in [-0.15, -0.1) is 0 Å². The number of amides is 1. The van der Waals surface area contributed by atoms with Crippen molar-refractivity contribution >= 4 is 5.91 Å². The van der Waals surface area contributed by atoms with Crippen LogP contribution in [0.5, 0.6) is 0 Å². The van der Waals surface area contributed by atoms with E-state index in [4.69, 9.17) is 9.47 Å². The van der Waals surface area contributed by atoms with Gasteiger partial charge in [-0.2, -0.15) is 0 Å². The van der Waals surface area contributed by atoms with E-state index < -0.39 is 49.5 Å². The lowest BCUT2D eigenvalue weighted by atomic mass is 9.99. The van der Waals surface area contributed by atoms with E-state index in [1.54, 1.807) is 6.08 Å². The first-order chi connectivity index (χ1) is 35.3. The van der Waals surface area contributed by atoms with Gasteiger partial charge in [-0.05, 0) is 57.8 Å². The average Bonchev–Trinajstić information content (AvgIpc) is 3.38. The fourth-order valence-electron chi connectivity index (χ4n) is 9.99. The van der Waals surface area contributed by atoms with Crippen LogP contribution in [0.4, 0.5) is 0 Å². The third-order valence-electron chi connectivity index (χ3n) is 14.9. The summed E-state index contributed by atoms with van der Waals surface area (Å²) in [4.78, 5) is 13.0. The molecule has 7 atom stereocenters. The summed E-state index contributed by atoms with van der Waals surface area (Å²) in [7, 11) is 0. The second kappa shape index (κ2) is 52.8. The minimum atomic E-state index is -1.57. The second-order valence-electron chi connectivity index (χ2n) is 21.8. The first kappa shape index (κ1) is 68.4. The second-order valence-corrected chi connectivity index (χ2v) is 21.8. The van der Waals surface area contributed by atoms with Crippen molar-refractivity contribution in [3.63, 3.8) is 0 Å². The Morgan fingerprint density at radius 3 is 1.17 bits per heavy atom. The van der Waals surface area contributed by atoms with Crippen LogP contribution in [0.3, 0.4) is 0 Å². The van der Waals surface area contributed by atoms with E-state index in [0.717, 1.165) is 51.4 Å². The molecule has 6 N–H and O–H groups in total. The molecule has 0 bridgehead atoms. The van der Waals surface area contributed by atoms with Gasteiger partial charge < -0.3 is 40.3 Å². The first-order valence-corrected chi connectivity index (χ1v) is 31.2. The molecule has 1 aliphatic rings. The van der Waals surface area contributed by atoms with Gasteiger partial charge in [0.05, 0.1) is 25.4 Å². The molecular formula is C63H119NO8. The Balaban J connectivity index is 2.17. The van der Waals surface area contributed by atoms with E-state index in [2.05, 4.69) is 43.5 Å². The van der Waals surface area contributed by atoms with Crippen molar-refractivity contribution in [3.05, 3.63) is 36.5 Å². The standard InChI is InChI=1S/C63H119NO8/c1-3-5-7-9-11-13-15-17-19-21-22-23-24-25-26-27-28-29-30-31-32-33-34-35-37-38-40-42-44-46-48-50-52-57(66)56(55-71-63-62(70)61(69)60(68)58(54-65)72-63)64-59(67)53-51-49-47-45-43-41-39-36-20-18-16-14-12-10-8-6-4-2/h18,20,42,44,50,52,56-58,60-63,65-66,68-70H,3-17,19,21-41,43,45-49,51,53-55H2,1-2H3,(H,64,67)/b20-18-,44-42+,52-50+. The zero-order valence-corrected chi connectivity index (χ0v) is 47.2. The van der Waals surface area contributed by atoms with Crippen molar-refractivity contribution in [1.29, 1.82) is 0 Å². The number of unbranched alkanes of at least 4 members (excludes halogenated alkanes) is 40. The number of carbonyl (C=O) groups excluding carboxylic acids is 1. The molecule has 1 heterocycles. The highest BCUT2D eigenvalue weighted by Crippen LogP contribution is 2.23. The molecule has 1 amide bonds. The lowest BCUT2D eigenvalue weighted by Gasteiger charge is -2.40. The van der Waals surface area contributed by atoms with E-state index >= 15 is 0 Å². The summed E-state index contributed by atoms with van der Waals surface area (Å²) in [6, 6.07) is -0.824. The highest BCUT2D eigenvalue weighted by atomic mass is 16.7. The fourth-order valence-corrected chi connectivity index (χ4v) is 9.99. The Labute approximate surface area is 444 Å². The summed E-state index contributed by atoms with van der Waals surface area (Å²) < 4.78 is 11.3. The molecule has 9 nitrogen and oxygen atoms in total. The topological polar surface area (TPSA) is 149 Å². The molecule has 1 rings (SSSR count). The summed E-state index contributed by atoms with van der Waals surface area (Å²) in [5, 5.41) is 54.5. The summed E-state index contributed by atoms with van der Waals surface area (Å²) in [6.07, 6.45) is 62.4. The molecule has 0 aromatic heterocycles. The number of carbonyl (C=O) groups is 1. The Bertz CT molecular complexity index is 1230. The minimum absolute atomic E-state index is 0.188. The van der Waals surface area contributed by atoms with Crippen LogP contribution in [0, 0.1) is 0 Å². The monoisotopic (exact) mass is 1020 g/mol. The van der Waals surface area contributed by atoms with Crippen LogP contribution in [-0.4, -0.2) is 87.5 Å². The number of hydrogen-bond donors (Lipinski definition) is 6. The Kier molecular flexibility index (Phi) is 50.2. The normalized spacial score (nSPS) is 19.3. The molecule has 424 valence electrons. The van der Waals surface area contributed by atoms with Crippen LogP contribution in [0.2, 0.25) is 0 Å². The van der Waals surface area contributed by atoms with Gasteiger partial charge in [0.15, 0.2) is 6.29 Å². The summed E-state index contributed by atoms with van der Waals surface area (Å²) in [6.45, 7) is 3.79. The molecule has 1 saturated heterocycles. The van der Waals surface area contributed by atoms with Crippen molar-refractivity contribution in [2.24, 2.45) is 0 Å². The van der Waals surface area contributed by atoms with E-state index in [-0.39, 0.29) is 12.5 Å². The molecule has 0 aliphatic carbocycles. The van der Waals surface area contributed by atoms with Crippen molar-refractivity contribution in [2.45, 2.75) is 346 Å². The maximum Gasteiger partial charge on any atom is 0.220 e. The van der Waals surface area contributed by atoms with Gasteiger partial charge in [0.1, 0.15) is 24.4 Å². The molecule has 0 saturated carbocycles. The summed E-state index contributed by atoms with van der Waals surface area (Å²) >= 11 is 0. The van der Waals surface area contributed by atoms with Gasteiger partial charge in [0.25, 0.3) is 0 Å². The van der Waals surface area contributed by atoms with Crippen molar-refractivity contribution in [1.82, 2.24) is 5.32 Å². The van der Waals surface area contributed by atoms with Crippen LogP contribution < -0.4 is 5.32 Å². The number of ether oxygens (including phenoxy) is 2. The highest BCUT2D eigenvalue weighted by molar-refractivity contribution is 5.76. The van der Waals surface area contributed by atoms with Crippen molar-refractivity contribution in [3.8, 4) is 0 Å². The summed E-state index contributed by atoms with van der Waals surface area (Å²) in [5.74, 6) is -0.188. The van der Waals surface area contributed by atoms with E-state index in [1.807, 2.05) is 6.08 Å². The van der Waals surface area contributed by atoms with Crippen LogP contribution >= 0.6 is 0 Å². The minimum Gasteiger partial charge on any atom is -0.394 e. The molecular weight excluding hydrogens is 899 g/mol. The maximum absolute atomic E-state index is 13.0. The maximum atomic E-state index is 13.0. The zero-order chi connectivity index (χ0) is 52.2. The third-order valence-corrected chi connectivity index (χ3v) is 14.9. The molecule has 72 heavy (non-hydrogen) atoms. The van der Waals surface area contributed by atoms with E-state index in [1.165, 1.54) is 231 Å². The Morgan fingerprint density at radius 2 is 0.792 bits per heavy atom. The predicted octanol–water partition coefficient (Wildman–Crippen LogP) is 15.9. The lowest BCUT2D eigenvalue weighted by molar-refractivity contribution is -0.302. The van der Waals surface area contributed by atoms with Gasteiger partial charge in [0, 0.05) is 6.42 Å². The van der Waals surface area contributed by atoms with Gasteiger partial charge in [-0.25, -0.2) is 0 Å². The van der Waals surface area contributed by atoms with E-state index in [0.29, 0.717) is 6.42 Å². The lowest BCUT2D eigenvalue weighted by Crippen LogP contribution is -2.60. The van der Waals surface area contributed by atoms with E-state index in [9.17, 15) is 30.3 Å². The van der Waals surface area contributed by atoms with Gasteiger partial charge in [0.2, 0.25) is 5.91 Å². The highest BCUT2D eigenvalue weighted by Gasteiger charge is 2.44. The van der Waals surface area contributed by atoms with Crippen LogP contribution in [-0.2, 0) is 14.3 Å². The quantitative estimate of drug-likeness (QED) is 0.0261. The number of nitrogens with one attached hydrogen (secondary N) is 1. The number of hydrogen-bond acceptors (Lipinski definition) is 8. The molecule has 0 spiro atoms. The smallest absolute Gasteiger partial charge is 0.220 e. The zero-order valence-electron chi connectivity index (χ0n) is 47.2. The summed E-state index contributed by atoms with van der Waals surface area (Å²) in [5.41, 5.74) is 0. The third kappa shape index (κ3) is 41.6. The molecule has 0 radical (unpaired) electrons. The SMILES string of the molecule is CCCCCCCC/C=C\CCCCCCCCCC(=O)NC(COC1OC(CO)C(O)C(O)C1O)C(O)/C=C/CC/C=C/CCCCCCCCCCCCCCCCCCCCCCCCCCCC. The van der Waals surface area contributed by atoms with Crippen LogP contribution in [0.1, 0.15) is 303 Å². The molecule has 0 aromatic rings. The largest absolute Gasteiger partial charge is 0.394 e. The van der Waals surface area contributed by atoms with Crippen LogP contribution in [0.25, 0.3) is 0 Å². The Hall–Kier alpha value is -1.59. The van der Waals surface area contributed by atoms with Gasteiger partial charge >= 0.3 is 0 Å². The fraction of sp³-hybridized carbons (Fsp3) is 0.889. The van der Waals surface area contributed by atoms with Crippen molar-refractivity contribution < 1.29 is 39.8 Å². The Morgan fingerprint density at radius 1 is 0.458 bits per heavy atom. The molecule has 1 aliphatic heterocycles. The predicted molar refractivity (Wildman–Crippen MR) is 304 cm³/mol. The number of rotatable bonds is 54. The molecule has 9 heteroatoms. The van der Waals surface area contributed by atoms with Gasteiger partial charge in [-0.3, -0.25) is 4.79 Å². The van der Waals surface area contributed by atoms with Crippen LogP contribution in [0.15, 0.2) is 36.5 Å². The first-order valence-electron chi connectivity index (χ1n) is 31.2.